The van der Waals surface area contributed by atoms with Crippen LogP contribution in [0.5, 0.6) is 0 Å². The van der Waals surface area contributed by atoms with E-state index in [2.05, 4.69) is 25.1 Å². The summed E-state index contributed by atoms with van der Waals surface area (Å²) in [4.78, 5) is 2.29. The largest absolute Gasteiger partial charge is 0.394 e. The molecule has 30 heavy (non-hydrogen) atoms. The Morgan fingerprint density at radius 3 is 2.57 bits per heavy atom. The highest BCUT2D eigenvalue weighted by Crippen LogP contribution is 2.34. The molecule has 4 nitrogen and oxygen atoms in total. The van der Waals surface area contributed by atoms with Crippen LogP contribution in [0.15, 0.2) is 54.6 Å². The van der Waals surface area contributed by atoms with Gasteiger partial charge in [0.15, 0.2) is 0 Å². The summed E-state index contributed by atoms with van der Waals surface area (Å²) >= 11 is 1.68. The minimum absolute atomic E-state index is 0.242. The maximum Gasteiger partial charge on any atom is 0.123 e. The van der Waals surface area contributed by atoms with Crippen molar-refractivity contribution in [1.29, 1.82) is 0 Å². The maximum absolute atomic E-state index is 13.2. The average molecular weight is 429 g/mol. The van der Waals surface area contributed by atoms with Crippen LogP contribution >= 0.6 is 11.3 Å². The summed E-state index contributed by atoms with van der Waals surface area (Å²) in [5.41, 5.74) is 4.24. The van der Waals surface area contributed by atoms with E-state index in [1.165, 1.54) is 17.0 Å². The molecule has 0 bridgehead atoms. The van der Waals surface area contributed by atoms with Crippen LogP contribution in [0, 0.1) is 12.7 Å². The van der Waals surface area contributed by atoms with E-state index >= 15 is 0 Å². The summed E-state index contributed by atoms with van der Waals surface area (Å²) in [5.74, 6) is -0.242. The van der Waals surface area contributed by atoms with Crippen molar-refractivity contribution in [3.63, 3.8) is 0 Å². The fourth-order valence-electron chi connectivity index (χ4n) is 3.83. The van der Waals surface area contributed by atoms with Gasteiger partial charge in [-0.05, 0) is 53.4 Å². The fraction of sp³-hybridized carbons (Fsp3) is 0.333. The molecule has 2 heterocycles. The standard InChI is InChI=1S/C24H25FO4S/c1-14-2-3-16(21-12-20(27)24(28)22(13-26)29-21)10-17(14)11-19-8-9-23(30-19)15-4-6-18(25)7-5-15/h2-10,20-22,24,26-28H,11-13H2,1H3. The first-order valence-electron chi connectivity index (χ1n) is 10.0. The van der Waals surface area contributed by atoms with Gasteiger partial charge in [-0.1, -0.05) is 30.3 Å². The molecule has 0 radical (unpaired) electrons. The third-order valence-corrected chi connectivity index (χ3v) is 6.78. The van der Waals surface area contributed by atoms with E-state index in [0.29, 0.717) is 0 Å². The number of halogens is 1. The van der Waals surface area contributed by atoms with Crippen molar-refractivity contribution >= 4 is 11.3 Å². The topological polar surface area (TPSA) is 69.9 Å². The van der Waals surface area contributed by atoms with E-state index in [1.54, 1.807) is 23.5 Å². The number of benzene rings is 2. The normalized spacial score (nSPS) is 24.2. The van der Waals surface area contributed by atoms with Crippen LogP contribution in [-0.4, -0.2) is 40.2 Å². The number of rotatable bonds is 5. The Morgan fingerprint density at radius 1 is 1.07 bits per heavy atom. The lowest BCUT2D eigenvalue weighted by Crippen LogP contribution is -2.47. The number of aliphatic hydroxyl groups is 3. The molecule has 158 valence electrons. The molecular formula is C24H25FO4S. The van der Waals surface area contributed by atoms with Crippen molar-refractivity contribution in [3.05, 3.63) is 82.0 Å². The van der Waals surface area contributed by atoms with Gasteiger partial charge in [-0.25, -0.2) is 4.39 Å². The number of hydrogen-bond donors (Lipinski definition) is 3. The molecule has 0 aliphatic carbocycles. The van der Waals surface area contributed by atoms with E-state index in [9.17, 15) is 19.7 Å². The van der Waals surface area contributed by atoms with Crippen molar-refractivity contribution in [3.8, 4) is 10.4 Å². The highest BCUT2D eigenvalue weighted by Gasteiger charge is 2.36. The smallest absolute Gasteiger partial charge is 0.123 e. The minimum atomic E-state index is -1.08. The Kier molecular flexibility index (Phi) is 6.32. The molecule has 1 aliphatic rings. The van der Waals surface area contributed by atoms with Gasteiger partial charge >= 0.3 is 0 Å². The molecule has 3 N–H and O–H groups in total. The number of aryl methyl sites for hydroxylation is 1. The van der Waals surface area contributed by atoms with Gasteiger partial charge < -0.3 is 20.1 Å². The van der Waals surface area contributed by atoms with Gasteiger partial charge in [-0.2, -0.15) is 0 Å². The number of thiophene rings is 1. The average Bonchev–Trinajstić information content (AvgIpc) is 3.20. The summed E-state index contributed by atoms with van der Waals surface area (Å²) in [6, 6.07) is 16.7. The third kappa shape index (κ3) is 4.48. The highest BCUT2D eigenvalue weighted by atomic mass is 32.1. The van der Waals surface area contributed by atoms with Gasteiger partial charge in [0.25, 0.3) is 0 Å². The Labute approximate surface area is 179 Å². The fourth-order valence-corrected chi connectivity index (χ4v) is 4.87. The SMILES string of the molecule is Cc1ccc(C2CC(O)C(O)C(CO)O2)cc1Cc1ccc(-c2ccc(F)cc2)s1. The van der Waals surface area contributed by atoms with E-state index < -0.39 is 18.3 Å². The summed E-state index contributed by atoms with van der Waals surface area (Å²) in [6.07, 6.45) is -2.13. The third-order valence-electron chi connectivity index (χ3n) is 5.65. The molecule has 2 aromatic carbocycles. The summed E-state index contributed by atoms with van der Waals surface area (Å²) in [6.45, 7) is 1.72. The molecule has 4 rings (SSSR count). The van der Waals surface area contributed by atoms with Crippen molar-refractivity contribution in [2.45, 2.75) is 44.2 Å². The maximum atomic E-state index is 13.2. The molecule has 1 aliphatic heterocycles. The first-order valence-corrected chi connectivity index (χ1v) is 10.8. The predicted molar refractivity (Wildman–Crippen MR) is 115 cm³/mol. The predicted octanol–water partition coefficient (Wildman–Crippen LogP) is 4.00. The molecule has 0 amide bonds. The second kappa shape index (κ2) is 8.96. The number of ether oxygens (including phenoxy) is 1. The highest BCUT2D eigenvalue weighted by molar-refractivity contribution is 7.15. The summed E-state index contributed by atoms with van der Waals surface area (Å²) in [5, 5.41) is 29.5. The first kappa shape index (κ1) is 21.2. The minimum Gasteiger partial charge on any atom is -0.394 e. The molecular weight excluding hydrogens is 403 g/mol. The zero-order valence-corrected chi connectivity index (χ0v) is 17.5. The van der Waals surface area contributed by atoms with Gasteiger partial charge in [-0.15, -0.1) is 11.3 Å². The molecule has 4 unspecified atom stereocenters. The quantitative estimate of drug-likeness (QED) is 0.575. The van der Waals surface area contributed by atoms with Crippen LogP contribution in [-0.2, 0) is 11.2 Å². The van der Waals surface area contributed by atoms with Crippen molar-refractivity contribution in [1.82, 2.24) is 0 Å². The lowest BCUT2D eigenvalue weighted by Gasteiger charge is -2.36. The molecule has 1 saturated heterocycles. The van der Waals surface area contributed by atoms with Crippen LogP contribution in [0.25, 0.3) is 10.4 Å². The van der Waals surface area contributed by atoms with Gasteiger partial charge in [0.05, 0.1) is 18.8 Å². The molecule has 3 aromatic rings. The number of aliphatic hydroxyl groups excluding tert-OH is 3. The van der Waals surface area contributed by atoms with Gasteiger partial charge in [0, 0.05) is 22.6 Å². The second-order valence-corrected chi connectivity index (χ2v) is 8.94. The number of hydrogen-bond acceptors (Lipinski definition) is 5. The zero-order chi connectivity index (χ0) is 21.3. The van der Waals surface area contributed by atoms with Crippen LogP contribution in [0.2, 0.25) is 0 Å². The lowest BCUT2D eigenvalue weighted by molar-refractivity contribution is -0.181. The van der Waals surface area contributed by atoms with Gasteiger partial charge in [0.2, 0.25) is 0 Å². The van der Waals surface area contributed by atoms with E-state index in [1.807, 2.05) is 12.1 Å². The molecule has 1 fully saturated rings. The summed E-state index contributed by atoms with van der Waals surface area (Å²) < 4.78 is 19.0. The van der Waals surface area contributed by atoms with Crippen LogP contribution in [0.3, 0.4) is 0 Å². The van der Waals surface area contributed by atoms with E-state index in [0.717, 1.165) is 33.6 Å². The Balaban J connectivity index is 1.54. The molecule has 4 atom stereocenters. The van der Waals surface area contributed by atoms with Crippen molar-refractivity contribution in [2.75, 3.05) is 6.61 Å². The zero-order valence-electron chi connectivity index (χ0n) is 16.7. The molecule has 0 spiro atoms. The van der Waals surface area contributed by atoms with Crippen LogP contribution < -0.4 is 0 Å². The van der Waals surface area contributed by atoms with Gasteiger partial charge in [-0.3, -0.25) is 0 Å². The van der Waals surface area contributed by atoms with Crippen LogP contribution in [0.4, 0.5) is 4.39 Å². The van der Waals surface area contributed by atoms with Gasteiger partial charge in [0.1, 0.15) is 18.0 Å². The lowest BCUT2D eigenvalue weighted by atomic mass is 9.92. The Hall–Kier alpha value is -2.09. The van der Waals surface area contributed by atoms with E-state index in [-0.39, 0.29) is 24.9 Å². The molecule has 1 aromatic heterocycles. The second-order valence-electron chi connectivity index (χ2n) is 7.77. The monoisotopic (exact) mass is 428 g/mol. The summed E-state index contributed by atoms with van der Waals surface area (Å²) in [7, 11) is 0. The van der Waals surface area contributed by atoms with Crippen molar-refractivity contribution < 1.29 is 24.4 Å². The Bertz CT molecular complexity index is 1000. The van der Waals surface area contributed by atoms with E-state index in [4.69, 9.17) is 4.74 Å². The first-order chi connectivity index (χ1) is 14.4. The van der Waals surface area contributed by atoms with Crippen molar-refractivity contribution in [2.24, 2.45) is 0 Å². The molecule has 0 saturated carbocycles. The molecule has 6 heteroatoms. The van der Waals surface area contributed by atoms with Crippen LogP contribution in [0.1, 0.15) is 34.1 Å². The Morgan fingerprint density at radius 2 is 1.83 bits per heavy atom.